The number of benzene rings is 1. The molecule has 3 N–H and O–H groups in total. The number of hydrogen-bond donors (Lipinski definition) is 2. The van der Waals surface area contributed by atoms with E-state index in [1.54, 1.807) is 18.2 Å². The first-order valence-corrected chi connectivity index (χ1v) is 2.70. The van der Waals surface area contributed by atoms with Gasteiger partial charge in [0.2, 0.25) is 0 Å². The maximum Gasteiger partial charge on any atom is 0.0708 e. The van der Waals surface area contributed by atoms with E-state index < -0.39 is 0 Å². The fourth-order valence-corrected chi connectivity index (χ4v) is 0.621. The van der Waals surface area contributed by atoms with Crippen molar-refractivity contribution in [3.63, 3.8) is 0 Å². The molecule has 0 aliphatic heterocycles. The molecular formula is C7H8NO. The quantitative estimate of drug-likeness (QED) is 0.534. The number of nitrogen functional groups attached to an aromatic ring is 1. The molecule has 1 rings (SSSR count). The molecule has 2 nitrogen and oxygen atoms in total. The summed E-state index contributed by atoms with van der Waals surface area (Å²) in [4.78, 5) is 0. The first-order chi connectivity index (χ1) is 4.34. The van der Waals surface area contributed by atoms with Crippen molar-refractivity contribution < 1.29 is 5.11 Å². The van der Waals surface area contributed by atoms with Crippen molar-refractivity contribution >= 4 is 5.69 Å². The lowest BCUT2D eigenvalue weighted by molar-refractivity contribution is 0.282. The van der Waals surface area contributed by atoms with Gasteiger partial charge in [0.15, 0.2) is 0 Å². The van der Waals surface area contributed by atoms with Gasteiger partial charge < -0.3 is 10.8 Å². The molecule has 0 atom stereocenters. The summed E-state index contributed by atoms with van der Waals surface area (Å²) in [5.41, 5.74) is 6.70. The minimum Gasteiger partial charge on any atom is -0.398 e. The third-order valence-corrected chi connectivity index (χ3v) is 1.14. The largest absolute Gasteiger partial charge is 0.398 e. The van der Waals surface area contributed by atoms with Crippen LogP contribution in [0.4, 0.5) is 5.69 Å². The molecule has 47 valence electrons. The zero-order valence-electron chi connectivity index (χ0n) is 4.96. The van der Waals surface area contributed by atoms with Gasteiger partial charge in [-0.25, -0.2) is 0 Å². The van der Waals surface area contributed by atoms with Crippen LogP contribution in [0, 0.1) is 6.07 Å². The summed E-state index contributed by atoms with van der Waals surface area (Å²) >= 11 is 0. The van der Waals surface area contributed by atoms with Gasteiger partial charge in [-0.15, -0.1) is 0 Å². The topological polar surface area (TPSA) is 46.2 Å². The van der Waals surface area contributed by atoms with E-state index in [2.05, 4.69) is 6.07 Å². The summed E-state index contributed by atoms with van der Waals surface area (Å²) in [6.45, 7) is -0.0350. The van der Waals surface area contributed by atoms with Crippen LogP contribution in [0.1, 0.15) is 5.56 Å². The lowest BCUT2D eigenvalue weighted by atomic mass is 10.2. The predicted molar refractivity (Wildman–Crippen MR) is 35.6 cm³/mol. The molecule has 9 heavy (non-hydrogen) atoms. The maximum absolute atomic E-state index is 8.61. The van der Waals surface area contributed by atoms with Crippen LogP contribution in [0.5, 0.6) is 0 Å². The molecule has 1 radical (unpaired) electrons. The molecule has 2 heteroatoms. The van der Waals surface area contributed by atoms with Crippen molar-refractivity contribution in [1.29, 1.82) is 0 Å². The Kier molecular flexibility index (Phi) is 1.70. The van der Waals surface area contributed by atoms with E-state index >= 15 is 0 Å². The first-order valence-electron chi connectivity index (χ1n) is 2.70. The van der Waals surface area contributed by atoms with Crippen LogP contribution in [0.2, 0.25) is 0 Å². The van der Waals surface area contributed by atoms with E-state index in [1.807, 2.05) is 0 Å². The third kappa shape index (κ3) is 1.21. The molecule has 0 spiro atoms. The SMILES string of the molecule is Nc1ccc[c]c1CO. The van der Waals surface area contributed by atoms with Crippen molar-refractivity contribution in [2.75, 3.05) is 5.73 Å². The lowest BCUT2D eigenvalue weighted by Gasteiger charge is -1.97. The van der Waals surface area contributed by atoms with Gasteiger partial charge >= 0.3 is 0 Å². The van der Waals surface area contributed by atoms with Crippen molar-refractivity contribution in [2.24, 2.45) is 0 Å². The molecular weight excluding hydrogens is 114 g/mol. The minimum atomic E-state index is -0.0350. The van der Waals surface area contributed by atoms with Crippen LogP contribution in [0.25, 0.3) is 0 Å². The van der Waals surface area contributed by atoms with E-state index in [4.69, 9.17) is 10.8 Å². The predicted octanol–water partition coefficient (Wildman–Crippen LogP) is 0.561. The normalized spacial score (nSPS) is 9.44. The fourth-order valence-electron chi connectivity index (χ4n) is 0.621. The molecule has 0 bridgehead atoms. The van der Waals surface area contributed by atoms with Gasteiger partial charge in [0.25, 0.3) is 0 Å². The van der Waals surface area contributed by atoms with Crippen LogP contribution < -0.4 is 5.73 Å². The molecule has 1 aromatic rings. The molecule has 0 aromatic heterocycles. The number of nitrogens with two attached hydrogens (primary N) is 1. The smallest absolute Gasteiger partial charge is 0.0708 e. The second-order valence-corrected chi connectivity index (χ2v) is 1.76. The van der Waals surface area contributed by atoms with Gasteiger partial charge in [0, 0.05) is 11.3 Å². The van der Waals surface area contributed by atoms with E-state index in [-0.39, 0.29) is 6.61 Å². The van der Waals surface area contributed by atoms with E-state index in [9.17, 15) is 0 Å². The van der Waals surface area contributed by atoms with Crippen LogP contribution >= 0.6 is 0 Å². The Morgan fingerprint density at radius 3 is 2.89 bits per heavy atom. The van der Waals surface area contributed by atoms with Gasteiger partial charge in [-0.3, -0.25) is 0 Å². The Bertz CT molecular complexity index is 198. The van der Waals surface area contributed by atoms with Crippen LogP contribution in [0.15, 0.2) is 18.2 Å². The third-order valence-electron chi connectivity index (χ3n) is 1.14. The number of aliphatic hydroxyl groups excluding tert-OH is 1. The number of hydrogen-bond acceptors (Lipinski definition) is 2. The minimum absolute atomic E-state index is 0.0350. The maximum atomic E-state index is 8.61. The zero-order chi connectivity index (χ0) is 6.69. The summed E-state index contributed by atoms with van der Waals surface area (Å²) < 4.78 is 0. The van der Waals surface area contributed by atoms with Crippen molar-refractivity contribution in [1.82, 2.24) is 0 Å². The lowest BCUT2D eigenvalue weighted by Crippen LogP contribution is -1.92. The van der Waals surface area contributed by atoms with Gasteiger partial charge in [-0.05, 0) is 12.1 Å². The van der Waals surface area contributed by atoms with Crippen LogP contribution in [-0.2, 0) is 6.61 Å². The highest BCUT2D eigenvalue weighted by Gasteiger charge is 1.92. The molecule has 0 saturated carbocycles. The van der Waals surface area contributed by atoms with Gasteiger partial charge in [0.1, 0.15) is 0 Å². The monoisotopic (exact) mass is 122 g/mol. The highest BCUT2D eigenvalue weighted by molar-refractivity contribution is 5.44. The molecule has 0 aliphatic carbocycles. The van der Waals surface area contributed by atoms with E-state index in [0.717, 1.165) is 0 Å². The Morgan fingerprint density at radius 2 is 2.44 bits per heavy atom. The molecule has 0 aliphatic rings. The number of aliphatic hydroxyl groups is 1. The first kappa shape index (κ1) is 6.11. The Labute approximate surface area is 53.9 Å². The Balaban J connectivity index is 3.01. The Morgan fingerprint density at radius 1 is 1.67 bits per heavy atom. The van der Waals surface area contributed by atoms with Crippen LogP contribution in [0.3, 0.4) is 0 Å². The Hall–Kier alpha value is -1.02. The highest BCUT2D eigenvalue weighted by atomic mass is 16.3. The van der Waals surface area contributed by atoms with E-state index in [0.29, 0.717) is 11.3 Å². The summed E-state index contributed by atoms with van der Waals surface area (Å²) in [5, 5.41) is 8.61. The molecule has 0 unspecified atom stereocenters. The van der Waals surface area contributed by atoms with Gasteiger partial charge in [-0.2, -0.15) is 0 Å². The average molecular weight is 122 g/mol. The summed E-state index contributed by atoms with van der Waals surface area (Å²) in [6, 6.07) is 8.06. The summed E-state index contributed by atoms with van der Waals surface area (Å²) in [7, 11) is 0. The van der Waals surface area contributed by atoms with Crippen molar-refractivity contribution in [3.8, 4) is 0 Å². The summed E-state index contributed by atoms with van der Waals surface area (Å²) in [6.07, 6.45) is 0. The molecule has 0 fully saturated rings. The second-order valence-electron chi connectivity index (χ2n) is 1.76. The summed E-state index contributed by atoms with van der Waals surface area (Å²) in [5.74, 6) is 0. The fraction of sp³-hybridized carbons (Fsp3) is 0.143. The number of anilines is 1. The van der Waals surface area contributed by atoms with E-state index in [1.165, 1.54) is 0 Å². The van der Waals surface area contributed by atoms with Gasteiger partial charge in [-0.1, -0.05) is 12.1 Å². The average Bonchev–Trinajstić information content (AvgIpc) is 1.89. The van der Waals surface area contributed by atoms with Crippen molar-refractivity contribution in [3.05, 3.63) is 29.8 Å². The molecule has 1 aromatic carbocycles. The van der Waals surface area contributed by atoms with Crippen LogP contribution in [-0.4, -0.2) is 5.11 Å². The van der Waals surface area contributed by atoms with Crippen molar-refractivity contribution in [2.45, 2.75) is 6.61 Å². The zero-order valence-corrected chi connectivity index (χ0v) is 4.96. The highest BCUT2D eigenvalue weighted by Crippen LogP contribution is 2.07. The molecule has 0 heterocycles. The van der Waals surface area contributed by atoms with Gasteiger partial charge in [0.05, 0.1) is 6.61 Å². The second kappa shape index (κ2) is 2.51. The molecule has 0 amide bonds. The molecule has 0 saturated heterocycles. The standard InChI is InChI=1S/C7H8NO/c8-7-4-2-1-3-6(7)5-9/h1-2,4,9H,5,8H2. The number of rotatable bonds is 1.